The molecule has 0 unspecified atom stereocenters. The number of nitrogens with two attached hydrogens (primary N) is 1. The van der Waals surface area contributed by atoms with Crippen LogP contribution in [0.4, 0.5) is 0 Å². The Morgan fingerprint density at radius 1 is 1.56 bits per heavy atom. The first-order chi connectivity index (χ1) is 7.50. The molecule has 1 amide bonds. The van der Waals surface area contributed by atoms with Gasteiger partial charge in [-0.1, -0.05) is 23.2 Å². The van der Waals surface area contributed by atoms with Crippen molar-refractivity contribution in [1.29, 1.82) is 0 Å². The summed E-state index contributed by atoms with van der Waals surface area (Å²) in [5.74, 6) is -0.204. The average Bonchev–Trinajstić information content (AvgIpc) is 2.51. The lowest BCUT2D eigenvalue weighted by atomic mass is 9.78. The molecule has 1 aliphatic rings. The Hall–Kier alpha value is -0.290. The minimum atomic E-state index is -0.220. The van der Waals surface area contributed by atoms with Crippen LogP contribution in [0.15, 0.2) is 6.07 Å². The number of rotatable bonds is 3. The van der Waals surface area contributed by atoms with Gasteiger partial charge in [0, 0.05) is 12.1 Å². The quantitative estimate of drug-likeness (QED) is 0.893. The molecule has 3 N–H and O–H groups in total. The summed E-state index contributed by atoms with van der Waals surface area (Å²) in [5, 5.41) is 2.80. The highest BCUT2D eigenvalue weighted by atomic mass is 35.5. The van der Waals surface area contributed by atoms with Crippen LogP contribution in [0.1, 0.15) is 29.6 Å². The van der Waals surface area contributed by atoms with Gasteiger partial charge in [-0.25, -0.2) is 0 Å². The van der Waals surface area contributed by atoms with Gasteiger partial charge in [0.2, 0.25) is 0 Å². The number of carbonyl (C=O) groups excluding carboxylic acids is 1. The van der Waals surface area contributed by atoms with Crippen LogP contribution in [-0.2, 0) is 0 Å². The highest BCUT2D eigenvalue weighted by molar-refractivity contribution is 7.20. The second kappa shape index (κ2) is 4.53. The molecule has 0 bridgehead atoms. The molecule has 0 aliphatic heterocycles. The van der Waals surface area contributed by atoms with E-state index in [1.807, 2.05) is 0 Å². The van der Waals surface area contributed by atoms with Crippen molar-refractivity contribution in [2.45, 2.75) is 24.8 Å². The zero-order valence-electron chi connectivity index (χ0n) is 8.56. The second-order valence-electron chi connectivity index (χ2n) is 4.14. The van der Waals surface area contributed by atoms with Gasteiger partial charge in [-0.2, -0.15) is 0 Å². The molecule has 6 heteroatoms. The van der Waals surface area contributed by atoms with Crippen LogP contribution in [0.25, 0.3) is 0 Å². The maximum Gasteiger partial charge on any atom is 0.253 e. The molecule has 1 aliphatic carbocycles. The molecule has 0 spiro atoms. The molecule has 0 saturated heterocycles. The van der Waals surface area contributed by atoms with E-state index in [2.05, 4.69) is 5.32 Å². The normalized spacial score (nSPS) is 17.9. The van der Waals surface area contributed by atoms with Gasteiger partial charge in [0.15, 0.2) is 0 Å². The first kappa shape index (κ1) is 12.2. The van der Waals surface area contributed by atoms with Gasteiger partial charge in [-0.15, -0.1) is 11.3 Å². The summed E-state index contributed by atoms with van der Waals surface area (Å²) < 4.78 is 0.934. The van der Waals surface area contributed by atoms with Gasteiger partial charge in [0.25, 0.3) is 5.91 Å². The minimum absolute atomic E-state index is 0.204. The van der Waals surface area contributed by atoms with Crippen molar-refractivity contribution >= 4 is 40.4 Å². The number of thiophene rings is 1. The Kier molecular flexibility index (Phi) is 3.45. The van der Waals surface area contributed by atoms with E-state index >= 15 is 0 Å². The first-order valence-corrected chi connectivity index (χ1v) is 6.59. The topological polar surface area (TPSA) is 55.1 Å². The van der Waals surface area contributed by atoms with Crippen LogP contribution < -0.4 is 11.1 Å². The van der Waals surface area contributed by atoms with Gasteiger partial charge in [-0.05, 0) is 25.3 Å². The Bertz CT molecular complexity index is 415. The number of amides is 1. The van der Waals surface area contributed by atoms with Crippen molar-refractivity contribution in [3.05, 3.63) is 20.3 Å². The van der Waals surface area contributed by atoms with Gasteiger partial charge in [0.1, 0.15) is 4.34 Å². The summed E-state index contributed by atoms with van der Waals surface area (Å²) >= 11 is 12.8. The van der Waals surface area contributed by atoms with Crippen molar-refractivity contribution in [3.8, 4) is 0 Å². The van der Waals surface area contributed by atoms with Crippen LogP contribution in [0.3, 0.4) is 0 Å². The largest absolute Gasteiger partial charge is 0.350 e. The van der Waals surface area contributed by atoms with Crippen molar-refractivity contribution in [2.24, 2.45) is 5.73 Å². The Morgan fingerprint density at radius 3 is 2.69 bits per heavy atom. The predicted molar refractivity (Wildman–Crippen MR) is 67.4 cm³/mol. The molecular formula is C10H12Cl2N2OS. The molecule has 2 rings (SSSR count). The third kappa shape index (κ3) is 2.51. The number of halogens is 2. The van der Waals surface area contributed by atoms with Crippen LogP contribution in [0, 0.1) is 0 Å². The van der Waals surface area contributed by atoms with Crippen LogP contribution in [0.2, 0.25) is 8.67 Å². The number of hydrogen-bond donors (Lipinski definition) is 2. The third-order valence-corrected chi connectivity index (χ3v) is 4.34. The first-order valence-electron chi connectivity index (χ1n) is 5.02. The molecule has 1 heterocycles. The SMILES string of the molecule is NC1(CNC(=O)c2cc(Cl)sc2Cl)CCC1. The molecule has 0 aromatic carbocycles. The number of hydrogen-bond acceptors (Lipinski definition) is 3. The lowest BCUT2D eigenvalue weighted by molar-refractivity contribution is 0.0930. The molecule has 1 saturated carbocycles. The Labute approximate surface area is 108 Å². The lowest BCUT2D eigenvalue weighted by Gasteiger charge is -2.38. The smallest absolute Gasteiger partial charge is 0.253 e. The van der Waals surface area contributed by atoms with E-state index in [1.54, 1.807) is 6.07 Å². The molecule has 1 fully saturated rings. The molecular weight excluding hydrogens is 267 g/mol. The molecule has 88 valence electrons. The van der Waals surface area contributed by atoms with E-state index in [4.69, 9.17) is 28.9 Å². The monoisotopic (exact) mass is 278 g/mol. The van der Waals surface area contributed by atoms with Crippen LogP contribution in [-0.4, -0.2) is 18.0 Å². The Morgan fingerprint density at radius 2 is 2.25 bits per heavy atom. The maximum atomic E-state index is 11.8. The fraction of sp³-hybridized carbons (Fsp3) is 0.500. The van der Waals surface area contributed by atoms with E-state index in [9.17, 15) is 4.79 Å². The Balaban J connectivity index is 1.95. The van der Waals surface area contributed by atoms with E-state index < -0.39 is 0 Å². The fourth-order valence-electron chi connectivity index (χ4n) is 1.65. The standard InChI is InChI=1S/C10H12Cl2N2OS/c11-7-4-6(8(12)16-7)9(15)14-5-10(13)2-1-3-10/h4H,1-3,5,13H2,(H,14,15). The van der Waals surface area contributed by atoms with Gasteiger partial charge < -0.3 is 11.1 Å². The summed E-state index contributed by atoms with van der Waals surface area (Å²) in [6.07, 6.45) is 3.06. The van der Waals surface area contributed by atoms with Gasteiger partial charge in [0.05, 0.1) is 9.90 Å². The highest BCUT2D eigenvalue weighted by Gasteiger charge is 2.32. The lowest BCUT2D eigenvalue weighted by Crippen LogP contribution is -2.54. The molecule has 0 radical (unpaired) electrons. The minimum Gasteiger partial charge on any atom is -0.350 e. The van der Waals surface area contributed by atoms with Gasteiger partial charge in [-0.3, -0.25) is 4.79 Å². The zero-order chi connectivity index (χ0) is 11.8. The van der Waals surface area contributed by atoms with Crippen molar-refractivity contribution < 1.29 is 4.79 Å². The van der Waals surface area contributed by atoms with Crippen molar-refractivity contribution in [3.63, 3.8) is 0 Å². The summed E-state index contributed by atoms with van der Waals surface area (Å²) in [6.45, 7) is 0.496. The summed E-state index contributed by atoms with van der Waals surface area (Å²) in [7, 11) is 0. The van der Waals surface area contributed by atoms with Crippen molar-refractivity contribution in [2.75, 3.05) is 6.54 Å². The van der Waals surface area contributed by atoms with Gasteiger partial charge >= 0.3 is 0 Å². The average molecular weight is 279 g/mol. The van der Waals surface area contributed by atoms with E-state index in [0.29, 0.717) is 20.8 Å². The number of carbonyl (C=O) groups is 1. The zero-order valence-corrected chi connectivity index (χ0v) is 10.9. The molecule has 3 nitrogen and oxygen atoms in total. The predicted octanol–water partition coefficient (Wildman–Crippen LogP) is 2.67. The summed E-state index contributed by atoms with van der Waals surface area (Å²) in [4.78, 5) is 11.8. The van der Waals surface area contributed by atoms with Crippen LogP contribution >= 0.6 is 34.5 Å². The van der Waals surface area contributed by atoms with E-state index in [0.717, 1.165) is 19.3 Å². The molecule has 16 heavy (non-hydrogen) atoms. The van der Waals surface area contributed by atoms with Crippen LogP contribution in [0.5, 0.6) is 0 Å². The molecule has 0 atom stereocenters. The fourth-order valence-corrected chi connectivity index (χ4v) is 3.11. The summed E-state index contributed by atoms with van der Waals surface area (Å²) in [6, 6.07) is 1.58. The summed E-state index contributed by atoms with van der Waals surface area (Å²) in [5.41, 5.74) is 6.21. The molecule has 1 aromatic heterocycles. The van der Waals surface area contributed by atoms with Crippen molar-refractivity contribution in [1.82, 2.24) is 5.32 Å². The maximum absolute atomic E-state index is 11.8. The highest BCUT2D eigenvalue weighted by Crippen LogP contribution is 2.31. The second-order valence-corrected chi connectivity index (χ2v) is 6.42. The molecule has 1 aromatic rings. The van der Waals surface area contributed by atoms with E-state index in [-0.39, 0.29) is 11.4 Å². The number of nitrogens with one attached hydrogen (secondary N) is 1. The third-order valence-electron chi connectivity index (χ3n) is 2.85. The van der Waals surface area contributed by atoms with E-state index in [1.165, 1.54) is 11.3 Å².